The van der Waals surface area contributed by atoms with Crippen LogP contribution >= 0.6 is 12.2 Å². The number of morpholine rings is 1. The van der Waals surface area contributed by atoms with Crippen LogP contribution in [0.3, 0.4) is 0 Å². The van der Waals surface area contributed by atoms with E-state index in [1.165, 1.54) is 11.1 Å². The minimum absolute atomic E-state index is 0.138. The van der Waals surface area contributed by atoms with Crippen molar-refractivity contribution in [1.29, 1.82) is 0 Å². The number of thiocarbonyl (C=S) groups is 1. The largest absolute Gasteiger partial charge is 0.489 e. The molecule has 7 heteroatoms. The van der Waals surface area contributed by atoms with Gasteiger partial charge in [-0.1, -0.05) is 60.7 Å². The van der Waals surface area contributed by atoms with Crippen LogP contribution in [0.2, 0.25) is 0 Å². The van der Waals surface area contributed by atoms with Crippen molar-refractivity contribution in [3.63, 3.8) is 0 Å². The van der Waals surface area contributed by atoms with Gasteiger partial charge in [-0.2, -0.15) is 0 Å². The molecule has 1 fully saturated rings. The molecule has 1 saturated heterocycles. The summed E-state index contributed by atoms with van der Waals surface area (Å²) in [4.78, 5) is 14.3. The third-order valence-electron chi connectivity index (χ3n) is 5.28. The zero-order chi connectivity index (χ0) is 22.9. The second-order valence-electron chi connectivity index (χ2n) is 7.77. The number of hydrogen-bond acceptors (Lipinski definition) is 5. The Labute approximate surface area is 199 Å². The maximum absolute atomic E-state index is 12.2. The Morgan fingerprint density at radius 1 is 0.939 bits per heavy atom. The van der Waals surface area contributed by atoms with E-state index in [1.807, 2.05) is 47.4 Å². The van der Waals surface area contributed by atoms with E-state index in [-0.39, 0.29) is 11.0 Å². The number of nitrogens with zero attached hydrogens (tertiary/aromatic N) is 1. The van der Waals surface area contributed by atoms with Gasteiger partial charge in [0.2, 0.25) is 5.91 Å². The molecule has 0 spiro atoms. The molecule has 1 heterocycles. The van der Waals surface area contributed by atoms with E-state index < -0.39 is 0 Å². The molecule has 1 aliphatic rings. The predicted octanol–water partition coefficient (Wildman–Crippen LogP) is 4.08. The highest BCUT2D eigenvalue weighted by Gasteiger charge is 2.15. The normalized spacial score (nSPS) is 13.8. The van der Waals surface area contributed by atoms with E-state index in [1.54, 1.807) is 0 Å². The highest BCUT2D eigenvalue weighted by atomic mass is 32.1. The van der Waals surface area contributed by atoms with Gasteiger partial charge in [-0.15, -0.1) is 0 Å². The Morgan fingerprint density at radius 3 is 2.42 bits per heavy atom. The summed E-state index contributed by atoms with van der Waals surface area (Å²) in [5, 5.41) is 6.05. The van der Waals surface area contributed by atoms with Crippen molar-refractivity contribution in [3.05, 3.63) is 84.4 Å². The minimum Gasteiger partial charge on any atom is -0.489 e. The molecule has 0 bridgehead atoms. The van der Waals surface area contributed by atoms with Crippen LogP contribution in [0.1, 0.15) is 5.56 Å². The van der Waals surface area contributed by atoms with Gasteiger partial charge in [0, 0.05) is 24.8 Å². The maximum Gasteiger partial charge on any atom is 0.240 e. The van der Waals surface area contributed by atoms with Gasteiger partial charge >= 0.3 is 0 Å². The number of carbonyl (C=O) groups excluding carboxylic acids is 1. The van der Waals surface area contributed by atoms with Crippen LogP contribution in [-0.4, -0.2) is 48.8 Å². The summed E-state index contributed by atoms with van der Waals surface area (Å²) < 4.78 is 11.3. The molecular formula is C26H27N3O3S. The number of rotatable bonds is 7. The van der Waals surface area contributed by atoms with E-state index in [0.717, 1.165) is 30.1 Å². The Morgan fingerprint density at radius 2 is 1.67 bits per heavy atom. The minimum atomic E-state index is -0.138. The smallest absolute Gasteiger partial charge is 0.240 e. The van der Waals surface area contributed by atoms with E-state index >= 15 is 0 Å². The number of amides is 1. The SMILES string of the molecule is O=C(CN1CCOCC1)NC(=S)Nc1cccc(OCc2ccc(-c3ccccc3)cc2)c1. The van der Waals surface area contributed by atoms with E-state index in [4.69, 9.17) is 21.7 Å². The van der Waals surface area contributed by atoms with Crippen molar-refractivity contribution >= 4 is 28.9 Å². The van der Waals surface area contributed by atoms with Crippen LogP contribution in [0.4, 0.5) is 5.69 Å². The van der Waals surface area contributed by atoms with Crippen LogP contribution in [0.15, 0.2) is 78.9 Å². The molecule has 170 valence electrons. The molecule has 0 unspecified atom stereocenters. The van der Waals surface area contributed by atoms with Crippen molar-refractivity contribution in [2.45, 2.75) is 6.61 Å². The quantitative estimate of drug-likeness (QED) is 0.517. The van der Waals surface area contributed by atoms with Gasteiger partial charge in [0.25, 0.3) is 0 Å². The molecule has 2 N–H and O–H groups in total. The first-order valence-electron chi connectivity index (χ1n) is 10.9. The zero-order valence-electron chi connectivity index (χ0n) is 18.3. The molecule has 0 aliphatic carbocycles. The van der Waals surface area contributed by atoms with Crippen LogP contribution in [-0.2, 0) is 16.1 Å². The second kappa shape index (κ2) is 11.6. The average Bonchev–Trinajstić information content (AvgIpc) is 2.84. The van der Waals surface area contributed by atoms with Crippen molar-refractivity contribution in [2.24, 2.45) is 0 Å². The summed E-state index contributed by atoms with van der Waals surface area (Å²) in [6.07, 6.45) is 0. The van der Waals surface area contributed by atoms with Gasteiger partial charge in [-0.05, 0) is 41.0 Å². The van der Waals surface area contributed by atoms with Crippen LogP contribution in [0, 0.1) is 0 Å². The van der Waals surface area contributed by atoms with Crippen molar-refractivity contribution in [1.82, 2.24) is 10.2 Å². The van der Waals surface area contributed by atoms with Crippen LogP contribution in [0.25, 0.3) is 11.1 Å². The Hall–Kier alpha value is -3.26. The van der Waals surface area contributed by atoms with Gasteiger partial charge in [-0.25, -0.2) is 0 Å². The number of carbonyl (C=O) groups is 1. The molecule has 3 aromatic carbocycles. The molecule has 33 heavy (non-hydrogen) atoms. The topological polar surface area (TPSA) is 62.8 Å². The molecule has 6 nitrogen and oxygen atoms in total. The monoisotopic (exact) mass is 461 g/mol. The number of ether oxygens (including phenoxy) is 2. The Balaban J connectivity index is 1.26. The zero-order valence-corrected chi connectivity index (χ0v) is 19.1. The lowest BCUT2D eigenvalue weighted by atomic mass is 10.0. The van der Waals surface area contributed by atoms with Gasteiger partial charge in [-0.3, -0.25) is 9.69 Å². The summed E-state index contributed by atoms with van der Waals surface area (Å²) in [6, 6.07) is 26.1. The molecule has 4 rings (SSSR count). The van der Waals surface area contributed by atoms with Gasteiger partial charge in [0.1, 0.15) is 12.4 Å². The van der Waals surface area contributed by atoms with E-state index in [2.05, 4.69) is 47.0 Å². The fraction of sp³-hybridized carbons (Fsp3) is 0.231. The number of hydrogen-bond donors (Lipinski definition) is 2. The number of nitrogens with one attached hydrogen (secondary N) is 2. The van der Waals surface area contributed by atoms with Crippen LogP contribution in [0.5, 0.6) is 5.75 Å². The summed E-state index contributed by atoms with van der Waals surface area (Å²) in [7, 11) is 0. The van der Waals surface area contributed by atoms with Crippen LogP contribution < -0.4 is 15.4 Å². The fourth-order valence-corrected chi connectivity index (χ4v) is 3.78. The Bertz CT molecular complexity index is 1070. The first-order chi connectivity index (χ1) is 16.2. The molecule has 0 atom stereocenters. The summed E-state index contributed by atoms with van der Waals surface area (Å²) >= 11 is 5.29. The summed E-state index contributed by atoms with van der Waals surface area (Å²) in [5.41, 5.74) is 4.20. The third kappa shape index (κ3) is 7.12. The standard InChI is InChI=1S/C26H27N3O3S/c30-25(18-29-13-15-31-16-14-29)28-26(33)27-23-7-4-8-24(17-23)32-19-20-9-11-22(12-10-20)21-5-2-1-3-6-21/h1-12,17H,13-16,18-19H2,(H2,27,28,30,33). The molecule has 1 amide bonds. The maximum atomic E-state index is 12.2. The van der Waals surface area contributed by atoms with E-state index in [9.17, 15) is 4.79 Å². The summed E-state index contributed by atoms with van der Waals surface area (Å²) in [6.45, 7) is 3.57. The van der Waals surface area contributed by atoms with Crippen molar-refractivity contribution in [2.75, 3.05) is 38.2 Å². The lowest BCUT2D eigenvalue weighted by molar-refractivity contribution is -0.121. The summed E-state index contributed by atoms with van der Waals surface area (Å²) in [5.74, 6) is 0.579. The molecule has 0 aromatic heterocycles. The second-order valence-corrected chi connectivity index (χ2v) is 8.18. The van der Waals surface area contributed by atoms with Gasteiger partial charge in [0.15, 0.2) is 5.11 Å². The molecule has 3 aromatic rings. The van der Waals surface area contributed by atoms with E-state index in [0.29, 0.717) is 26.4 Å². The van der Waals surface area contributed by atoms with Gasteiger partial charge < -0.3 is 20.1 Å². The lowest BCUT2D eigenvalue weighted by Gasteiger charge is -2.25. The predicted molar refractivity (Wildman–Crippen MR) is 134 cm³/mol. The highest BCUT2D eigenvalue weighted by molar-refractivity contribution is 7.80. The molecule has 1 aliphatic heterocycles. The molecule has 0 saturated carbocycles. The van der Waals surface area contributed by atoms with Crippen molar-refractivity contribution in [3.8, 4) is 16.9 Å². The van der Waals surface area contributed by atoms with Crippen molar-refractivity contribution < 1.29 is 14.3 Å². The highest BCUT2D eigenvalue weighted by Crippen LogP contribution is 2.21. The first-order valence-corrected chi connectivity index (χ1v) is 11.3. The number of anilines is 1. The fourth-order valence-electron chi connectivity index (χ4n) is 3.55. The average molecular weight is 462 g/mol. The molecule has 0 radical (unpaired) electrons. The lowest BCUT2D eigenvalue weighted by Crippen LogP contribution is -2.45. The third-order valence-corrected chi connectivity index (χ3v) is 5.49. The first kappa shape index (κ1) is 22.9. The number of benzene rings is 3. The molecular weight excluding hydrogens is 434 g/mol. The van der Waals surface area contributed by atoms with Gasteiger partial charge in [0.05, 0.1) is 19.8 Å². The Kier molecular flexibility index (Phi) is 8.03.